The molecule has 98 valence electrons. The molecule has 0 aliphatic rings. The maximum Gasteiger partial charge on any atom is 0.259 e. The molecule has 0 radical (unpaired) electrons. The first-order valence-electron chi connectivity index (χ1n) is 5.95. The number of aromatic amines is 1. The molecule has 0 spiro atoms. The minimum Gasteiger partial charge on any atom is -0.361 e. The molecular weight excluding hydrogens is 262 g/mol. The lowest BCUT2D eigenvalue weighted by atomic mass is 10.2. The van der Waals surface area contributed by atoms with E-state index in [9.17, 15) is 4.79 Å². The molecule has 0 aliphatic carbocycles. The molecule has 3 aromatic rings. The normalized spacial score (nSPS) is 11.3. The molecule has 0 unspecified atom stereocenters. The van der Waals surface area contributed by atoms with Crippen molar-refractivity contribution in [1.29, 1.82) is 0 Å². The predicted octanol–water partition coefficient (Wildman–Crippen LogP) is 2.49. The van der Waals surface area contributed by atoms with E-state index in [1.54, 1.807) is 11.3 Å². The van der Waals surface area contributed by atoms with Crippen LogP contribution >= 0.6 is 11.3 Å². The number of H-pyrrole nitrogens is 1. The summed E-state index contributed by atoms with van der Waals surface area (Å²) in [7, 11) is 0. The summed E-state index contributed by atoms with van der Waals surface area (Å²) in [6.45, 7) is 5.79. The van der Waals surface area contributed by atoms with E-state index in [1.165, 1.54) is 0 Å². The number of nitrogens with zero attached hydrogens (tertiary/aromatic N) is 2. The summed E-state index contributed by atoms with van der Waals surface area (Å²) in [6.07, 6.45) is 0.471. The van der Waals surface area contributed by atoms with Gasteiger partial charge in [0.2, 0.25) is 0 Å². The van der Waals surface area contributed by atoms with Crippen LogP contribution in [0.15, 0.2) is 15.4 Å². The molecule has 3 heterocycles. The van der Waals surface area contributed by atoms with Crippen molar-refractivity contribution >= 4 is 21.6 Å². The third-order valence-corrected chi connectivity index (χ3v) is 4.21. The van der Waals surface area contributed by atoms with Gasteiger partial charge in [-0.2, -0.15) is 0 Å². The van der Waals surface area contributed by atoms with Crippen LogP contribution < -0.4 is 5.56 Å². The zero-order valence-corrected chi connectivity index (χ0v) is 11.7. The van der Waals surface area contributed by atoms with Crippen molar-refractivity contribution in [3.8, 4) is 0 Å². The highest BCUT2D eigenvalue weighted by molar-refractivity contribution is 7.18. The van der Waals surface area contributed by atoms with E-state index in [-0.39, 0.29) is 5.56 Å². The lowest BCUT2D eigenvalue weighted by Gasteiger charge is -1.97. The van der Waals surface area contributed by atoms with Crippen LogP contribution in [-0.4, -0.2) is 15.1 Å². The molecule has 1 N–H and O–H groups in total. The van der Waals surface area contributed by atoms with Crippen molar-refractivity contribution in [2.75, 3.05) is 0 Å². The highest BCUT2D eigenvalue weighted by atomic mass is 32.1. The minimum absolute atomic E-state index is 0.0814. The highest BCUT2D eigenvalue weighted by Crippen LogP contribution is 2.25. The number of nitrogens with one attached hydrogen (secondary N) is 1. The largest absolute Gasteiger partial charge is 0.361 e. The van der Waals surface area contributed by atoms with Crippen LogP contribution in [0.4, 0.5) is 0 Å². The van der Waals surface area contributed by atoms with Crippen LogP contribution in [0.25, 0.3) is 10.2 Å². The molecule has 19 heavy (non-hydrogen) atoms. The maximum atomic E-state index is 12.1. The third-order valence-electron chi connectivity index (χ3n) is 3.11. The average Bonchev–Trinajstić information content (AvgIpc) is 2.85. The summed E-state index contributed by atoms with van der Waals surface area (Å²) in [5.41, 5.74) is 1.70. The van der Waals surface area contributed by atoms with E-state index in [0.29, 0.717) is 17.6 Å². The van der Waals surface area contributed by atoms with Gasteiger partial charge in [0.25, 0.3) is 5.56 Å². The topological polar surface area (TPSA) is 71.8 Å². The summed E-state index contributed by atoms with van der Waals surface area (Å²) < 4.78 is 5.01. The fourth-order valence-corrected chi connectivity index (χ4v) is 3.10. The fourth-order valence-electron chi connectivity index (χ4n) is 2.06. The van der Waals surface area contributed by atoms with Crippen molar-refractivity contribution < 1.29 is 4.52 Å². The van der Waals surface area contributed by atoms with Crippen molar-refractivity contribution in [2.24, 2.45) is 0 Å². The molecule has 3 rings (SSSR count). The smallest absolute Gasteiger partial charge is 0.259 e. The Kier molecular flexibility index (Phi) is 2.74. The van der Waals surface area contributed by atoms with Gasteiger partial charge in [-0.1, -0.05) is 5.16 Å². The number of hydrogen-bond donors (Lipinski definition) is 1. The Morgan fingerprint density at radius 2 is 2.16 bits per heavy atom. The van der Waals surface area contributed by atoms with Crippen molar-refractivity contribution in [2.45, 2.75) is 27.2 Å². The Morgan fingerprint density at radius 1 is 1.37 bits per heavy atom. The van der Waals surface area contributed by atoms with Gasteiger partial charge in [0.1, 0.15) is 16.4 Å². The molecular formula is C13H13N3O2S. The molecule has 0 amide bonds. The third kappa shape index (κ3) is 2.08. The molecule has 0 atom stereocenters. The predicted molar refractivity (Wildman–Crippen MR) is 73.8 cm³/mol. The van der Waals surface area contributed by atoms with Gasteiger partial charge in [-0.25, -0.2) is 4.98 Å². The minimum atomic E-state index is -0.0814. The quantitative estimate of drug-likeness (QED) is 0.780. The first-order chi connectivity index (χ1) is 9.04. The Morgan fingerprint density at radius 3 is 2.84 bits per heavy atom. The number of thiophene rings is 1. The highest BCUT2D eigenvalue weighted by Gasteiger charge is 2.12. The van der Waals surface area contributed by atoms with E-state index in [0.717, 1.165) is 26.7 Å². The van der Waals surface area contributed by atoms with Gasteiger partial charge in [-0.3, -0.25) is 4.79 Å². The molecule has 0 aromatic carbocycles. The Bertz CT molecular complexity index is 813. The van der Waals surface area contributed by atoms with Crippen molar-refractivity contribution in [3.63, 3.8) is 0 Å². The van der Waals surface area contributed by atoms with E-state index < -0.39 is 0 Å². The molecule has 0 saturated heterocycles. The summed E-state index contributed by atoms with van der Waals surface area (Å²) >= 11 is 1.55. The molecule has 0 bridgehead atoms. The fraction of sp³-hybridized carbons (Fsp3) is 0.308. The van der Waals surface area contributed by atoms with Crippen LogP contribution in [0.2, 0.25) is 0 Å². The second-order valence-corrected chi connectivity index (χ2v) is 5.78. The summed E-state index contributed by atoms with van der Waals surface area (Å²) in [5.74, 6) is 1.37. The van der Waals surface area contributed by atoms with E-state index in [2.05, 4.69) is 15.1 Å². The molecule has 6 heteroatoms. The van der Waals surface area contributed by atoms with Crippen molar-refractivity contribution in [3.05, 3.63) is 44.1 Å². The van der Waals surface area contributed by atoms with Crippen LogP contribution in [0.3, 0.4) is 0 Å². The molecule has 0 fully saturated rings. The van der Waals surface area contributed by atoms with Gasteiger partial charge >= 0.3 is 0 Å². The first kappa shape index (κ1) is 12.1. The van der Waals surface area contributed by atoms with E-state index in [1.807, 2.05) is 26.8 Å². The van der Waals surface area contributed by atoms with Gasteiger partial charge in [0, 0.05) is 10.9 Å². The lowest BCUT2D eigenvalue weighted by molar-refractivity contribution is 0.391. The zero-order chi connectivity index (χ0) is 13.6. The van der Waals surface area contributed by atoms with Gasteiger partial charge < -0.3 is 9.51 Å². The Labute approximate surface area is 113 Å². The van der Waals surface area contributed by atoms with Crippen LogP contribution in [0, 0.1) is 20.8 Å². The second kappa shape index (κ2) is 4.31. The number of hydrogen-bond acceptors (Lipinski definition) is 5. The Hall–Kier alpha value is -1.95. The molecule has 0 saturated carbocycles. The van der Waals surface area contributed by atoms with Gasteiger partial charge in [-0.05, 0) is 26.3 Å². The first-order valence-corrected chi connectivity index (χ1v) is 6.77. The summed E-state index contributed by atoms with van der Waals surface area (Å²) in [4.78, 5) is 21.3. The van der Waals surface area contributed by atoms with Gasteiger partial charge in [0.15, 0.2) is 0 Å². The van der Waals surface area contributed by atoms with Crippen molar-refractivity contribution in [1.82, 2.24) is 15.1 Å². The standard InChI is InChI=1S/C13H13N3O2S/c1-6-4-9(16-18-6)5-10-14-12(17)11-7(2)8(3)19-13(11)15-10/h4H,5H2,1-3H3,(H,14,15,17). The maximum absolute atomic E-state index is 12.1. The number of aromatic nitrogens is 3. The number of rotatable bonds is 2. The zero-order valence-electron chi connectivity index (χ0n) is 10.9. The Balaban J connectivity index is 2.08. The second-order valence-electron chi connectivity index (χ2n) is 4.58. The molecule has 5 nitrogen and oxygen atoms in total. The van der Waals surface area contributed by atoms with Gasteiger partial charge in [0.05, 0.1) is 17.5 Å². The van der Waals surface area contributed by atoms with Crippen LogP contribution in [0.1, 0.15) is 27.7 Å². The van der Waals surface area contributed by atoms with E-state index in [4.69, 9.17) is 4.52 Å². The number of fused-ring (bicyclic) bond motifs is 1. The number of aryl methyl sites for hydroxylation is 3. The summed E-state index contributed by atoms with van der Waals surface area (Å²) in [6, 6.07) is 1.84. The monoisotopic (exact) mass is 275 g/mol. The molecule has 3 aromatic heterocycles. The molecule has 0 aliphatic heterocycles. The summed E-state index contributed by atoms with van der Waals surface area (Å²) in [5, 5.41) is 4.61. The van der Waals surface area contributed by atoms with Gasteiger partial charge in [-0.15, -0.1) is 11.3 Å². The van der Waals surface area contributed by atoms with Crippen LogP contribution in [0.5, 0.6) is 0 Å². The average molecular weight is 275 g/mol. The SMILES string of the molecule is Cc1cc(Cc2nc3sc(C)c(C)c3c(=O)[nH]2)no1. The van der Waals surface area contributed by atoms with Crippen LogP contribution in [-0.2, 0) is 6.42 Å². The van der Waals surface area contributed by atoms with E-state index >= 15 is 0 Å². The lowest BCUT2D eigenvalue weighted by Crippen LogP contribution is -2.11.